The van der Waals surface area contributed by atoms with Crippen molar-refractivity contribution in [1.29, 1.82) is 0 Å². The molecule has 8 nitrogen and oxygen atoms in total. The zero-order valence-electron chi connectivity index (χ0n) is 15.4. The number of hydrogen-bond donors (Lipinski definition) is 0. The Hall–Kier alpha value is -3.80. The predicted molar refractivity (Wildman–Crippen MR) is 105 cm³/mol. The van der Waals surface area contributed by atoms with Gasteiger partial charge >= 0.3 is 6.18 Å². The van der Waals surface area contributed by atoms with Crippen LogP contribution in [0, 0.1) is 0 Å². The summed E-state index contributed by atoms with van der Waals surface area (Å²) in [6.45, 7) is 0.0192. The Labute approximate surface area is 175 Å². The molecular formula is C19H11F3N6O2S. The van der Waals surface area contributed by atoms with Crippen molar-refractivity contribution in [2.24, 2.45) is 0 Å². The largest absolute Gasteiger partial charge is 0.416 e. The first-order valence-corrected chi connectivity index (χ1v) is 9.75. The highest BCUT2D eigenvalue weighted by molar-refractivity contribution is 7.13. The van der Waals surface area contributed by atoms with Crippen LogP contribution in [0.3, 0.4) is 0 Å². The van der Waals surface area contributed by atoms with Crippen molar-refractivity contribution in [2.75, 3.05) is 0 Å². The smallest absolute Gasteiger partial charge is 0.333 e. The van der Waals surface area contributed by atoms with Gasteiger partial charge in [-0.2, -0.15) is 23.3 Å². The maximum Gasteiger partial charge on any atom is 0.416 e. The van der Waals surface area contributed by atoms with Gasteiger partial charge in [0.25, 0.3) is 11.4 Å². The molecule has 156 valence electrons. The van der Waals surface area contributed by atoms with E-state index in [2.05, 4.69) is 20.2 Å². The second-order valence-corrected chi connectivity index (χ2v) is 7.46. The first-order valence-electron chi connectivity index (χ1n) is 8.87. The van der Waals surface area contributed by atoms with E-state index in [1.54, 1.807) is 0 Å². The maximum absolute atomic E-state index is 13.0. The molecule has 5 aromatic rings. The van der Waals surface area contributed by atoms with Gasteiger partial charge in [-0.15, -0.1) is 11.3 Å². The third-order valence-electron chi connectivity index (χ3n) is 4.48. The van der Waals surface area contributed by atoms with Crippen molar-refractivity contribution < 1.29 is 17.7 Å². The minimum Gasteiger partial charge on any atom is -0.333 e. The fraction of sp³-hybridized carbons (Fsp3) is 0.105. The van der Waals surface area contributed by atoms with Crippen LogP contribution in [0.4, 0.5) is 13.2 Å². The molecule has 0 aliphatic rings. The highest BCUT2D eigenvalue weighted by Crippen LogP contribution is 2.30. The average molecular weight is 444 g/mol. The molecular weight excluding hydrogens is 433 g/mol. The van der Waals surface area contributed by atoms with Crippen LogP contribution in [-0.2, 0) is 12.7 Å². The monoisotopic (exact) mass is 444 g/mol. The Bertz CT molecular complexity index is 1440. The van der Waals surface area contributed by atoms with Gasteiger partial charge in [-0.25, -0.2) is 9.67 Å². The first-order chi connectivity index (χ1) is 14.9. The Morgan fingerprint density at radius 2 is 2.03 bits per heavy atom. The second-order valence-electron chi connectivity index (χ2n) is 6.51. The van der Waals surface area contributed by atoms with Gasteiger partial charge in [0.15, 0.2) is 11.5 Å². The van der Waals surface area contributed by atoms with E-state index in [4.69, 9.17) is 4.52 Å². The molecule has 31 heavy (non-hydrogen) atoms. The van der Waals surface area contributed by atoms with Gasteiger partial charge in [0, 0.05) is 0 Å². The molecule has 0 unspecified atom stereocenters. The molecule has 0 aliphatic heterocycles. The summed E-state index contributed by atoms with van der Waals surface area (Å²) >= 11 is 1.45. The number of thiophene rings is 1. The lowest BCUT2D eigenvalue weighted by Crippen LogP contribution is -2.21. The maximum atomic E-state index is 13.0. The Kier molecular flexibility index (Phi) is 4.43. The number of hydrogen-bond acceptors (Lipinski definition) is 7. The average Bonchev–Trinajstić information content (AvgIpc) is 3.50. The summed E-state index contributed by atoms with van der Waals surface area (Å²) in [5, 5.41) is 9.97. The van der Waals surface area contributed by atoms with Gasteiger partial charge in [0.1, 0.15) is 11.7 Å². The molecule has 0 saturated heterocycles. The molecule has 1 aromatic carbocycles. The van der Waals surface area contributed by atoms with Crippen LogP contribution in [0.5, 0.6) is 0 Å². The number of halogens is 3. The third kappa shape index (κ3) is 3.50. The Morgan fingerprint density at radius 1 is 1.16 bits per heavy atom. The number of nitrogens with zero attached hydrogens (tertiary/aromatic N) is 6. The van der Waals surface area contributed by atoms with Crippen LogP contribution in [0.15, 0.2) is 63.6 Å². The molecule has 0 amide bonds. The topological polar surface area (TPSA) is 91.6 Å². The van der Waals surface area contributed by atoms with Gasteiger partial charge in [0.05, 0.1) is 28.9 Å². The number of alkyl halides is 3. The quantitative estimate of drug-likeness (QED) is 0.419. The Morgan fingerprint density at radius 3 is 2.81 bits per heavy atom. The number of benzene rings is 1. The SMILES string of the molecule is O=c1c2cnn(-c3cccc(C(F)(F)F)c3)c2ncn1Cc1noc(-c2cccs2)n1. The lowest BCUT2D eigenvalue weighted by atomic mass is 10.2. The van der Waals surface area contributed by atoms with Gasteiger partial charge in [-0.1, -0.05) is 17.3 Å². The predicted octanol–water partition coefficient (Wildman–Crippen LogP) is 3.76. The molecule has 0 bridgehead atoms. The number of rotatable bonds is 4. The molecule has 4 aromatic heterocycles. The highest BCUT2D eigenvalue weighted by atomic mass is 32.1. The molecule has 0 spiro atoms. The van der Waals surface area contributed by atoms with Gasteiger partial charge in [-0.05, 0) is 29.6 Å². The summed E-state index contributed by atoms with van der Waals surface area (Å²) < 4.78 is 46.8. The molecule has 0 radical (unpaired) electrons. The van der Waals surface area contributed by atoms with Crippen LogP contribution in [0.25, 0.3) is 27.5 Å². The fourth-order valence-corrected chi connectivity index (χ4v) is 3.68. The summed E-state index contributed by atoms with van der Waals surface area (Å²) in [5.74, 6) is 0.640. The minimum atomic E-state index is -4.49. The molecule has 5 rings (SSSR count). The molecule has 0 saturated carbocycles. The van der Waals surface area contributed by atoms with E-state index in [9.17, 15) is 18.0 Å². The first kappa shape index (κ1) is 19.2. The van der Waals surface area contributed by atoms with Crippen molar-refractivity contribution in [3.63, 3.8) is 0 Å². The lowest BCUT2D eigenvalue weighted by Gasteiger charge is -2.09. The second kappa shape index (κ2) is 7.16. The van der Waals surface area contributed by atoms with Crippen LogP contribution < -0.4 is 5.56 Å². The van der Waals surface area contributed by atoms with Crippen LogP contribution in [0.1, 0.15) is 11.4 Å². The summed E-state index contributed by atoms with van der Waals surface area (Å²) in [4.78, 5) is 22.1. The van der Waals surface area contributed by atoms with Crippen molar-refractivity contribution in [3.8, 4) is 16.5 Å². The number of fused-ring (bicyclic) bond motifs is 1. The van der Waals surface area contributed by atoms with E-state index in [1.165, 1.54) is 45.2 Å². The van der Waals surface area contributed by atoms with E-state index in [0.29, 0.717) is 5.89 Å². The summed E-state index contributed by atoms with van der Waals surface area (Å²) in [6.07, 6.45) is -1.95. The third-order valence-corrected chi connectivity index (χ3v) is 5.34. The number of aromatic nitrogens is 6. The van der Waals surface area contributed by atoms with E-state index < -0.39 is 17.3 Å². The Balaban J connectivity index is 1.49. The highest BCUT2D eigenvalue weighted by Gasteiger charge is 2.30. The molecule has 4 heterocycles. The van der Waals surface area contributed by atoms with Crippen molar-refractivity contribution >= 4 is 22.4 Å². The van der Waals surface area contributed by atoms with E-state index in [-0.39, 0.29) is 29.1 Å². The summed E-state index contributed by atoms with van der Waals surface area (Å²) in [7, 11) is 0. The van der Waals surface area contributed by atoms with Crippen molar-refractivity contribution in [3.05, 3.63) is 76.0 Å². The van der Waals surface area contributed by atoms with Crippen LogP contribution in [0.2, 0.25) is 0 Å². The molecule has 12 heteroatoms. The van der Waals surface area contributed by atoms with Gasteiger partial charge < -0.3 is 4.52 Å². The molecule has 0 atom stereocenters. The molecule has 0 N–H and O–H groups in total. The zero-order chi connectivity index (χ0) is 21.6. The van der Waals surface area contributed by atoms with E-state index in [0.717, 1.165) is 17.0 Å². The van der Waals surface area contributed by atoms with Crippen LogP contribution >= 0.6 is 11.3 Å². The fourth-order valence-electron chi connectivity index (χ4n) is 3.04. The standard InChI is InChI=1S/C19H11F3N6O2S/c20-19(21,22)11-3-1-4-12(7-11)28-16-13(8-24-28)18(29)27(10-23-16)9-15-25-17(30-26-15)14-5-2-6-31-14/h1-8,10H,9H2. The van der Waals surface area contributed by atoms with E-state index in [1.807, 2.05) is 17.5 Å². The lowest BCUT2D eigenvalue weighted by molar-refractivity contribution is -0.137. The van der Waals surface area contributed by atoms with E-state index >= 15 is 0 Å². The molecule has 0 fully saturated rings. The van der Waals surface area contributed by atoms with Crippen molar-refractivity contribution in [1.82, 2.24) is 29.5 Å². The minimum absolute atomic E-state index is 0.0192. The van der Waals surface area contributed by atoms with Gasteiger partial charge in [0.2, 0.25) is 0 Å². The zero-order valence-corrected chi connectivity index (χ0v) is 16.3. The normalized spacial score (nSPS) is 12.0. The molecule has 0 aliphatic carbocycles. The summed E-state index contributed by atoms with van der Waals surface area (Å²) in [6, 6.07) is 8.34. The van der Waals surface area contributed by atoms with Crippen LogP contribution in [-0.4, -0.2) is 29.5 Å². The van der Waals surface area contributed by atoms with Gasteiger partial charge in [-0.3, -0.25) is 9.36 Å². The van der Waals surface area contributed by atoms with Crippen molar-refractivity contribution in [2.45, 2.75) is 12.7 Å². The summed E-state index contributed by atoms with van der Waals surface area (Å²) in [5.41, 5.74) is -0.951.